The zero-order valence-corrected chi connectivity index (χ0v) is 16.8. The predicted molar refractivity (Wildman–Crippen MR) is 115 cm³/mol. The Kier molecular flexibility index (Phi) is 7.30. The third-order valence-electron chi connectivity index (χ3n) is 3.72. The molecule has 1 aromatic heterocycles. The molecule has 4 nitrogen and oxygen atoms in total. The number of benzene rings is 2. The van der Waals surface area contributed by atoms with Gasteiger partial charge in [-0.3, -0.25) is 4.79 Å². The van der Waals surface area contributed by atoms with E-state index in [1.807, 2.05) is 47.8 Å². The van der Waals surface area contributed by atoms with Gasteiger partial charge in [0.25, 0.3) is 0 Å². The lowest BCUT2D eigenvalue weighted by Crippen LogP contribution is -2.13. The molecule has 6 heteroatoms. The van der Waals surface area contributed by atoms with Gasteiger partial charge < -0.3 is 10.1 Å². The van der Waals surface area contributed by atoms with Crippen LogP contribution in [0.4, 0.5) is 5.13 Å². The molecule has 1 amide bonds. The van der Waals surface area contributed by atoms with E-state index < -0.39 is 0 Å². The molecule has 140 valence electrons. The average molecular weight is 399 g/mol. The van der Waals surface area contributed by atoms with Crippen LogP contribution >= 0.6 is 23.1 Å². The number of aromatic nitrogens is 1. The Morgan fingerprint density at radius 1 is 1.15 bits per heavy atom. The molecule has 1 heterocycles. The molecular weight excluding hydrogens is 376 g/mol. The summed E-state index contributed by atoms with van der Waals surface area (Å²) in [6.45, 7) is 2.80. The molecule has 0 saturated carbocycles. The molecule has 2 aromatic carbocycles. The number of rotatable bonds is 9. The minimum Gasteiger partial charge on any atom is -0.494 e. The highest BCUT2D eigenvalue weighted by atomic mass is 32.2. The van der Waals surface area contributed by atoms with Crippen molar-refractivity contribution in [2.24, 2.45) is 0 Å². The summed E-state index contributed by atoms with van der Waals surface area (Å²) in [6.07, 6.45) is 0.987. The summed E-state index contributed by atoms with van der Waals surface area (Å²) in [5.41, 5.74) is 3.08. The Balaban J connectivity index is 1.49. The van der Waals surface area contributed by atoms with Crippen molar-refractivity contribution >= 4 is 34.1 Å². The molecule has 0 bridgehead atoms. The lowest BCUT2D eigenvalue weighted by molar-refractivity contribution is -0.113. The second-order valence-electron chi connectivity index (χ2n) is 5.94. The van der Waals surface area contributed by atoms with Gasteiger partial charge in [-0.1, -0.05) is 37.3 Å². The van der Waals surface area contributed by atoms with Gasteiger partial charge in [0.1, 0.15) is 5.75 Å². The molecule has 0 aliphatic rings. The van der Waals surface area contributed by atoms with Gasteiger partial charge in [-0.25, -0.2) is 4.98 Å². The van der Waals surface area contributed by atoms with Crippen molar-refractivity contribution in [2.45, 2.75) is 19.1 Å². The Morgan fingerprint density at radius 2 is 1.93 bits per heavy atom. The van der Waals surface area contributed by atoms with Crippen LogP contribution in [0.25, 0.3) is 11.3 Å². The van der Waals surface area contributed by atoms with E-state index in [1.165, 1.54) is 16.9 Å². The summed E-state index contributed by atoms with van der Waals surface area (Å²) < 4.78 is 5.60. The largest absolute Gasteiger partial charge is 0.494 e. The molecule has 0 aliphatic carbocycles. The number of nitrogens with zero attached hydrogens (tertiary/aromatic N) is 1. The SMILES string of the molecule is CCCOc1ccc(-c2csc(NC(=O)CSCc3ccccc3)n2)cc1. The number of ether oxygens (including phenoxy) is 1. The molecule has 0 radical (unpaired) electrons. The second-order valence-corrected chi connectivity index (χ2v) is 7.78. The first-order valence-electron chi connectivity index (χ1n) is 8.85. The summed E-state index contributed by atoms with van der Waals surface area (Å²) in [6, 6.07) is 18.0. The number of carbonyl (C=O) groups is 1. The van der Waals surface area contributed by atoms with E-state index in [4.69, 9.17) is 4.74 Å². The van der Waals surface area contributed by atoms with Gasteiger partial charge in [0.2, 0.25) is 5.91 Å². The van der Waals surface area contributed by atoms with Crippen LogP contribution in [0, 0.1) is 0 Å². The van der Waals surface area contributed by atoms with E-state index in [2.05, 4.69) is 29.4 Å². The smallest absolute Gasteiger partial charge is 0.236 e. The van der Waals surface area contributed by atoms with Crippen LogP contribution in [0.15, 0.2) is 60.0 Å². The summed E-state index contributed by atoms with van der Waals surface area (Å²) in [5.74, 6) is 2.07. The van der Waals surface area contributed by atoms with E-state index in [9.17, 15) is 4.79 Å². The fraction of sp³-hybridized carbons (Fsp3) is 0.238. The fourth-order valence-electron chi connectivity index (χ4n) is 2.40. The van der Waals surface area contributed by atoms with Gasteiger partial charge in [-0.15, -0.1) is 23.1 Å². The van der Waals surface area contributed by atoms with Gasteiger partial charge >= 0.3 is 0 Å². The Bertz CT molecular complexity index is 848. The number of hydrogen-bond donors (Lipinski definition) is 1. The van der Waals surface area contributed by atoms with E-state index in [-0.39, 0.29) is 5.91 Å². The first-order chi connectivity index (χ1) is 13.2. The van der Waals surface area contributed by atoms with E-state index in [0.717, 1.165) is 29.2 Å². The van der Waals surface area contributed by atoms with Crippen LogP contribution in [0.1, 0.15) is 18.9 Å². The van der Waals surface area contributed by atoms with Crippen molar-refractivity contribution in [2.75, 3.05) is 17.7 Å². The maximum Gasteiger partial charge on any atom is 0.236 e. The zero-order valence-electron chi connectivity index (χ0n) is 15.2. The lowest BCUT2D eigenvalue weighted by Gasteiger charge is -2.04. The van der Waals surface area contributed by atoms with Crippen molar-refractivity contribution in [3.63, 3.8) is 0 Å². The van der Waals surface area contributed by atoms with Crippen LogP contribution in [0.3, 0.4) is 0 Å². The highest BCUT2D eigenvalue weighted by Crippen LogP contribution is 2.26. The van der Waals surface area contributed by atoms with Crippen molar-refractivity contribution < 1.29 is 9.53 Å². The zero-order chi connectivity index (χ0) is 18.9. The third-order valence-corrected chi connectivity index (χ3v) is 5.48. The molecule has 0 aliphatic heterocycles. The molecule has 0 unspecified atom stereocenters. The first kappa shape index (κ1) is 19.5. The lowest BCUT2D eigenvalue weighted by atomic mass is 10.2. The highest BCUT2D eigenvalue weighted by Gasteiger charge is 2.08. The first-order valence-corrected chi connectivity index (χ1v) is 10.9. The highest BCUT2D eigenvalue weighted by molar-refractivity contribution is 7.99. The number of nitrogens with one attached hydrogen (secondary N) is 1. The van der Waals surface area contributed by atoms with Crippen LogP contribution < -0.4 is 10.1 Å². The molecule has 0 saturated heterocycles. The Morgan fingerprint density at radius 3 is 2.67 bits per heavy atom. The van der Waals surface area contributed by atoms with Gasteiger partial charge in [-0.05, 0) is 36.2 Å². The van der Waals surface area contributed by atoms with E-state index >= 15 is 0 Å². The third kappa shape index (κ3) is 6.12. The molecule has 0 spiro atoms. The fourth-order valence-corrected chi connectivity index (χ4v) is 3.92. The van der Waals surface area contributed by atoms with E-state index in [1.54, 1.807) is 11.8 Å². The molecule has 3 rings (SSSR count). The minimum absolute atomic E-state index is 0.0276. The topological polar surface area (TPSA) is 51.2 Å². The van der Waals surface area contributed by atoms with Crippen LogP contribution in [-0.4, -0.2) is 23.3 Å². The molecule has 1 N–H and O–H groups in total. The minimum atomic E-state index is -0.0276. The van der Waals surface area contributed by atoms with Gasteiger partial charge in [0, 0.05) is 16.7 Å². The number of thiazole rings is 1. The number of anilines is 1. The second kappa shape index (κ2) is 10.1. The predicted octanol–water partition coefficient (Wildman–Crippen LogP) is 5.47. The number of amides is 1. The Labute approximate surface area is 168 Å². The van der Waals surface area contributed by atoms with Crippen molar-refractivity contribution in [3.8, 4) is 17.0 Å². The molecule has 0 atom stereocenters. The number of hydrogen-bond acceptors (Lipinski definition) is 5. The normalized spacial score (nSPS) is 10.6. The monoisotopic (exact) mass is 398 g/mol. The van der Waals surface area contributed by atoms with Crippen molar-refractivity contribution in [1.29, 1.82) is 0 Å². The summed E-state index contributed by atoms with van der Waals surface area (Å²) in [5, 5.41) is 5.46. The summed E-state index contributed by atoms with van der Waals surface area (Å²) in [4.78, 5) is 16.6. The van der Waals surface area contributed by atoms with Crippen molar-refractivity contribution in [3.05, 3.63) is 65.5 Å². The average Bonchev–Trinajstić information content (AvgIpc) is 3.16. The van der Waals surface area contributed by atoms with Gasteiger partial charge in [0.05, 0.1) is 18.1 Å². The molecule has 27 heavy (non-hydrogen) atoms. The van der Waals surface area contributed by atoms with Gasteiger partial charge in [0.15, 0.2) is 5.13 Å². The molecule has 3 aromatic rings. The number of carbonyl (C=O) groups excluding carboxylic acids is 1. The van der Waals surface area contributed by atoms with Crippen LogP contribution in [0.5, 0.6) is 5.75 Å². The quantitative estimate of drug-likeness (QED) is 0.519. The maximum absolute atomic E-state index is 12.1. The maximum atomic E-state index is 12.1. The van der Waals surface area contributed by atoms with Crippen molar-refractivity contribution in [1.82, 2.24) is 4.98 Å². The van der Waals surface area contributed by atoms with Gasteiger partial charge in [-0.2, -0.15) is 0 Å². The number of thioether (sulfide) groups is 1. The summed E-state index contributed by atoms with van der Waals surface area (Å²) in [7, 11) is 0. The molecule has 0 fully saturated rings. The standard InChI is InChI=1S/C21H22N2O2S2/c1-2-12-25-18-10-8-17(9-11-18)19-14-27-21(22-19)23-20(24)15-26-13-16-6-4-3-5-7-16/h3-11,14H,2,12-13,15H2,1H3,(H,22,23,24). The Hall–Kier alpha value is -2.31. The van der Waals surface area contributed by atoms with Crippen LogP contribution in [0.2, 0.25) is 0 Å². The summed E-state index contributed by atoms with van der Waals surface area (Å²) >= 11 is 3.03. The molecular formula is C21H22N2O2S2. The van der Waals surface area contributed by atoms with Crippen LogP contribution in [-0.2, 0) is 10.5 Å². The van der Waals surface area contributed by atoms with E-state index in [0.29, 0.717) is 17.5 Å².